The van der Waals surface area contributed by atoms with Crippen molar-refractivity contribution in [3.8, 4) is 0 Å². The summed E-state index contributed by atoms with van der Waals surface area (Å²) in [6.45, 7) is 0. The van der Waals surface area contributed by atoms with Crippen LogP contribution < -0.4 is 69.2 Å². The van der Waals surface area contributed by atoms with Crippen LogP contribution in [0.1, 0.15) is 0 Å². The van der Waals surface area contributed by atoms with E-state index in [1.54, 1.807) is 0 Å². The third kappa shape index (κ3) is 16.3. The summed E-state index contributed by atoms with van der Waals surface area (Å²) in [6, 6.07) is 112. The fraction of sp³-hybridized carbons (Fsp3) is 0. The van der Waals surface area contributed by atoms with Gasteiger partial charge in [0.25, 0.3) is 0 Å². The molecule has 0 aliphatic heterocycles. The van der Waals surface area contributed by atoms with E-state index in [-0.39, 0.29) is 21.7 Å². The fourth-order valence-electron chi connectivity index (χ4n) is 8.35. The Morgan fingerprint density at radius 3 is 0.333 bits per heavy atom. The SMILES string of the molecule is [Se-]c1ccccc1[Se-].[Se-]c1ccccc1[Se-].[Se-]c1ccccc1[Se-].[Ti+4].c1ccc([P+](c2ccccc2)(c2ccccc2)c2ccccc2)cc1.c1ccc([P+](c2ccccc2)(c2ccccc2)c2ccccc2)cc1. The zero-order chi connectivity index (χ0) is 51.9. The van der Waals surface area contributed by atoms with Gasteiger partial charge in [0.15, 0.2) is 0 Å². The molecule has 0 nitrogen and oxygen atoms in total. The Balaban J connectivity index is 0.000000169. The number of rotatable bonds is 8. The summed E-state index contributed by atoms with van der Waals surface area (Å²) < 4.78 is 7.12. The van der Waals surface area contributed by atoms with Crippen molar-refractivity contribution in [2.75, 3.05) is 0 Å². The van der Waals surface area contributed by atoms with Crippen LogP contribution in [-0.4, -0.2) is 96.1 Å². The predicted octanol–water partition coefficient (Wildman–Crippen LogP) is 6.43. The maximum atomic E-state index is 2.94. The van der Waals surface area contributed by atoms with Gasteiger partial charge in [0.05, 0.1) is 0 Å². The van der Waals surface area contributed by atoms with E-state index in [0.717, 1.165) is 0 Å². The van der Waals surface area contributed by atoms with E-state index in [1.165, 1.54) is 69.2 Å². The summed E-state index contributed by atoms with van der Waals surface area (Å²) >= 11 is 17.6. The molecule has 0 radical (unpaired) electrons. The van der Waals surface area contributed by atoms with Crippen LogP contribution in [0.25, 0.3) is 0 Å². The second kappa shape index (κ2) is 32.1. The predicted molar refractivity (Wildman–Crippen MR) is 334 cm³/mol. The molecule has 0 aliphatic rings. The first kappa shape index (κ1) is 60.3. The van der Waals surface area contributed by atoms with Gasteiger partial charge in [0.2, 0.25) is 0 Å². The van der Waals surface area contributed by atoms with Crippen LogP contribution in [-0.2, 0) is 21.7 Å². The summed E-state index contributed by atoms with van der Waals surface area (Å²) in [7, 11) is -3.81. The standard InChI is InChI=1S/2C24H20P.3C6H6Se2.Ti/c2*1-5-13-21(14-6-1)25(22-15-7-2-8-16-22,23-17-9-3-10-18-23)24-19-11-4-12-20-24;3*7-5-3-1-2-4-6(5)8;/h2*1-20H;3*1-4,7-8H;/q2*+1;;;;+4/p-6. The molecule has 0 atom stereocenters. The molecule has 0 saturated heterocycles. The molecule has 0 heterocycles. The van der Waals surface area contributed by atoms with Gasteiger partial charge in [-0.25, -0.2) is 0 Å². The van der Waals surface area contributed by atoms with Crippen LogP contribution in [0.4, 0.5) is 0 Å². The van der Waals surface area contributed by atoms with Gasteiger partial charge in [0.1, 0.15) is 57.0 Å². The van der Waals surface area contributed by atoms with Crippen molar-refractivity contribution in [3.63, 3.8) is 0 Å². The quantitative estimate of drug-likeness (QED) is 0.122. The number of hydrogen-bond donors (Lipinski definition) is 0. The molecule has 0 aliphatic carbocycles. The van der Waals surface area contributed by atoms with Crippen LogP contribution in [0.15, 0.2) is 315 Å². The van der Waals surface area contributed by atoms with Crippen molar-refractivity contribution in [1.82, 2.24) is 0 Å². The third-order valence-corrected chi connectivity index (χ3v) is 26.7. The van der Waals surface area contributed by atoms with Crippen LogP contribution in [0.5, 0.6) is 0 Å². The van der Waals surface area contributed by atoms with Gasteiger partial charge in [-0.05, 0) is 97.1 Å². The molecule has 0 spiro atoms. The van der Waals surface area contributed by atoms with Gasteiger partial charge in [-0.15, -0.1) is 0 Å². The summed E-state index contributed by atoms with van der Waals surface area (Å²) in [6.07, 6.45) is 0. The molecule has 9 heteroatoms. The maximum absolute atomic E-state index is 2.94. The topological polar surface area (TPSA) is 0 Å². The average Bonchev–Trinajstić information content (AvgIpc) is 3.47. The van der Waals surface area contributed by atoms with Gasteiger partial charge in [-0.1, -0.05) is 146 Å². The molecule has 0 fully saturated rings. The molecule has 0 aromatic heterocycles. The van der Waals surface area contributed by atoms with E-state index in [9.17, 15) is 0 Å². The van der Waals surface area contributed by atoms with E-state index in [1.807, 2.05) is 72.8 Å². The molecule has 0 saturated carbocycles. The number of hydrogen-bond acceptors (Lipinski definition) is 0. The zero-order valence-electron chi connectivity index (χ0n) is 40.9. The Labute approximate surface area is 511 Å². The van der Waals surface area contributed by atoms with Gasteiger partial charge >= 0.3 is 217 Å². The third-order valence-electron chi connectivity index (χ3n) is 11.7. The van der Waals surface area contributed by atoms with Crippen LogP contribution in [0.2, 0.25) is 0 Å². The van der Waals surface area contributed by atoms with Crippen LogP contribution in [0.3, 0.4) is 0 Å². The van der Waals surface area contributed by atoms with Crippen LogP contribution >= 0.6 is 14.5 Å². The first-order valence-corrected chi connectivity index (χ1v) is 32.5. The minimum atomic E-state index is -1.91. The second-order valence-electron chi connectivity index (χ2n) is 16.4. The molecule has 0 N–H and O–H groups in total. The minimum Gasteiger partial charge on any atom is -0.0620 e. The zero-order valence-corrected chi connectivity index (χ0v) is 54.5. The molecular formula is C66H52P2Se6Ti. The smallest absolute Gasteiger partial charge is 0.0620 e. The van der Waals surface area contributed by atoms with Crippen molar-refractivity contribution < 1.29 is 21.7 Å². The molecule has 366 valence electrons. The Kier molecular flexibility index (Phi) is 25.8. The minimum absolute atomic E-state index is 0. The molecular weight excluding hydrogens is 1380 g/mol. The largest absolute Gasteiger partial charge is 4.00 e. The van der Waals surface area contributed by atoms with Crippen molar-refractivity contribution in [2.24, 2.45) is 0 Å². The van der Waals surface area contributed by atoms with E-state index in [2.05, 4.69) is 339 Å². The van der Waals surface area contributed by atoms with E-state index >= 15 is 0 Å². The van der Waals surface area contributed by atoms with E-state index in [0.29, 0.717) is 0 Å². The Hall–Kier alpha value is -3.89. The van der Waals surface area contributed by atoms with Gasteiger partial charge in [-0.3, -0.25) is 0 Å². The monoisotopic (exact) mass is 1430 g/mol. The molecule has 75 heavy (non-hydrogen) atoms. The molecule has 11 aromatic carbocycles. The first-order chi connectivity index (χ1) is 36.3. The average molecular weight is 1430 g/mol. The maximum Gasteiger partial charge on any atom is 4.00 e. The summed E-state index contributed by atoms with van der Waals surface area (Å²) in [5.41, 5.74) is 0. The van der Waals surface area contributed by atoms with Crippen molar-refractivity contribution in [2.45, 2.75) is 0 Å². The molecule has 11 rings (SSSR count). The van der Waals surface area contributed by atoms with Crippen molar-refractivity contribution >= 4 is 180 Å². The van der Waals surface area contributed by atoms with E-state index < -0.39 is 14.5 Å². The Morgan fingerprint density at radius 2 is 0.240 bits per heavy atom. The van der Waals surface area contributed by atoms with Crippen LogP contribution in [0, 0.1) is 0 Å². The molecule has 0 bridgehead atoms. The first-order valence-electron chi connectivity index (χ1n) is 23.8. The van der Waals surface area contributed by atoms with Gasteiger partial charge in [0, 0.05) is 0 Å². The Bertz CT molecular complexity index is 2670. The molecule has 11 aromatic rings. The van der Waals surface area contributed by atoms with Crippen molar-refractivity contribution in [1.29, 1.82) is 0 Å². The molecule has 0 amide bonds. The summed E-state index contributed by atoms with van der Waals surface area (Å²) in [5, 5.41) is 11.1. The van der Waals surface area contributed by atoms with Gasteiger partial charge < -0.3 is 0 Å². The van der Waals surface area contributed by atoms with E-state index in [4.69, 9.17) is 0 Å². The summed E-state index contributed by atoms with van der Waals surface area (Å²) in [4.78, 5) is 0. The van der Waals surface area contributed by atoms with Crippen molar-refractivity contribution in [3.05, 3.63) is 315 Å². The second-order valence-corrected chi connectivity index (χ2v) is 28.7. The molecule has 0 unspecified atom stereocenters. The number of benzene rings is 11. The summed E-state index contributed by atoms with van der Waals surface area (Å²) in [5.74, 6) is 0. The fourth-order valence-corrected chi connectivity index (χ4v) is 18.7. The normalized spacial score (nSPS) is 10.3. The van der Waals surface area contributed by atoms with Gasteiger partial charge in [-0.2, -0.15) is 0 Å². The Morgan fingerprint density at radius 1 is 0.147 bits per heavy atom.